The van der Waals surface area contributed by atoms with Crippen LogP contribution in [-0.4, -0.2) is 18.6 Å². The molecule has 1 aromatic rings. The number of rotatable bonds is 8. The molecule has 17 heavy (non-hydrogen) atoms. The predicted molar refractivity (Wildman–Crippen MR) is 80.4 cm³/mol. The van der Waals surface area contributed by atoms with Gasteiger partial charge in [-0.25, -0.2) is 0 Å². The molecule has 0 saturated carbocycles. The third-order valence-electron chi connectivity index (χ3n) is 2.55. The van der Waals surface area contributed by atoms with Crippen molar-refractivity contribution in [3.63, 3.8) is 0 Å². The SMILES string of the molecule is CSCCCCCNCc1cccc(Cl)c1Cl. The second-order valence-electron chi connectivity index (χ2n) is 3.94. The van der Waals surface area contributed by atoms with Crippen LogP contribution in [0.1, 0.15) is 24.8 Å². The van der Waals surface area contributed by atoms with Crippen molar-refractivity contribution in [1.82, 2.24) is 5.32 Å². The van der Waals surface area contributed by atoms with Gasteiger partial charge in [-0.05, 0) is 43.0 Å². The van der Waals surface area contributed by atoms with Gasteiger partial charge in [-0.15, -0.1) is 0 Å². The van der Waals surface area contributed by atoms with Crippen molar-refractivity contribution in [3.8, 4) is 0 Å². The van der Waals surface area contributed by atoms with Crippen LogP contribution in [0.25, 0.3) is 0 Å². The monoisotopic (exact) mass is 291 g/mol. The van der Waals surface area contributed by atoms with Gasteiger partial charge >= 0.3 is 0 Å². The van der Waals surface area contributed by atoms with E-state index in [9.17, 15) is 0 Å². The molecule has 1 nitrogen and oxygen atoms in total. The zero-order valence-electron chi connectivity index (χ0n) is 10.1. The van der Waals surface area contributed by atoms with Crippen LogP contribution in [0.5, 0.6) is 0 Å². The number of hydrogen-bond acceptors (Lipinski definition) is 2. The summed E-state index contributed by atoms with van der Waals surface area (Å²) in [7, 11) is 0. The third-order valence-corrected chi connectivity index (χ3v) is 4.10. The van der Waals surface area contributed by atoms with E-state index in [1.807, 2.05) is 30.0 Å². The second kappa shape index (κ2) is 9.09. The van der Waals surface area contributed by atoms with E-state index in [0.29, 0.717) is 10.0 Å². The first-order chi connectivity index (χ1) is 8.25. The molecule has 0 aliphatic carbocycles. The lowest BCUT2D eigenvalue weighted by Crippen LogP contribution is -2.15. The predicted octanol–water partition coefficient (Wildman–Crippen LogP) is 4.62. The van der Waals surface area contributed by atoms with E-state index < -0.39 is 0 Å². The van der Waals surface area contributed by atoms with Crippen LogP contribution >= 0.6 is 35.0 Å². The van der Waals surface area contributed by atoms with E-state index in [1.54, 1.807) is 0 Å². The highest BCUT2D eigenvalue weighted by atomic mass is 35.5. The van der Waals surface area contributed by atoms with Crippen LogP contribution in [0.2, 0.25) is 10.0 Å². The Kier molecular flexibility index (Phi) is 8.12. The summed E-state index contributed by atoms with van der Waals surface area (Å²) in [6.07, 6.45) is 5.97. The molecule has 1 N–H and O–H groups in total. The van der Waals surface area contributed by atoms with Crippen LogP contribution < -0.4 is 5.32 Å². The van der Waals surface area contributed by atoms with Crippen molar-refractivity contribution in [2.24, 2.45) is 0 Å². The van der Waals surface area contributed by atoms with Crippen molar-refractivity contribution in [2.75, 3.05) is 18.6 Å². The Morgan fingerprint density at radius 3 is 2.76 bits per heavy atom. The maximum Gasteiger partial charge on any atom is 0.0637 e. The topological polar surface area (TPSA) is 12.0 Å². The standard InChI is InChI=1S/C13H19Cl2NS/c1-17-9-4-2-3-8-16-10-11-6-5-7-12(14)13(11)15/h5-7,16H,2-4,8-10H2,1H3. The lowest BCUT2D eigenvalue weighted by molar-refractivity contribution is 0.619. The molecule has 0 aromatic heterocycles. The molecule has 0 unspecified atom stereocenters. The van der Waals surface area contributed by atoms with Crippen LogP contribution in [0.3, 0.4) is 0 Å². The third kappa shape index (κ3) is 6.01. The molecule has 1 aromatic carbocycles. The highest BCUT2D eigenvalue weighted by molar-refractivity contribution is 7.98. The minimum Gasteiger partial charge on any atom is -0.313 e. The van der Waals surface area contributed by atoms with Crippen molar-refractivity contribution in [3.05, 3.63) is 33.8 Å². The Labute approximate surface area is 118 Å². The first-order valence-corrected chi connectivity index (χ1v) is 8.03. The van der Waals surface area contributed by atoms with E-state index in [0.717, 1.165) is 18.7 Å². The summed E-state index contributed by atoms with van der Waals surface area (Å²) in [5, 5.41) is 4.70. The van der Waals surface area contributed by atoms with Crippen molar-refractivity contribution >= 4 is 35.0 Å². The molecule has 0 radical (unpaired) electrons. The van der Waals surface area contributed by atoms with Crippen LogP contribution in [0.15, 0.2) is 18.2 Å². The fourth-order valence-corrected chi connectivity index (χ4v) is 2.46. The molecule has 96 valence electrons. The molecule has 0 aliphatic rings. The normalized spacial score (nSPS) is 10.8. The van der Waals surface area contributed by atoms with Gasteiger partial charge in [0.05, 0.1) is 10.0 Å². The summed E-state index contributed by atoms with van der Waals surface area (Å²) in [6.45, 7) is 1.83. The molecular formula is C13H19Cl2NS. The molecule has 4 heteroatoms. The summed E-state index contributed by atoms with van der Waals surface area (Å²) in [5.41, 5.74) is 1.07. The number of thioether (sulfide) groups is 1. The quantitative estimate of drug-likeness (QED) is 0.702. The zero-order chi connectivity index (χ0) is 12.5. The summed E-state index contributed by atoms with van der Waals surface area (Å²) in [4.78, 5) is 0. The smallest absolute Gasteiger partial charge is 0.0637 e. The summed E-state index contributed by atoms with van der Waals surface area (Å²) >= 11 is 14.0. The molecule has 0 atom stereocenters. The van der Waals surface area contributed by atoms with Crippen LogP contribution in [0.4, 0.5) is 0 Å². The van der Waals surface area contributed by atoms with Gasteiger partial charge in [0.25, 0.3) is 0 Å². The molecule has 0 aliphatic heterocycles. The van der Waals surface area contributed by atoms with Gasteiger partial charge in [0.15, 0.2) is 0 Å². The molecule has 0 spiro atoms. The maximum atomic E-state index is 6.10. The first-order valence-electron chi connectivity index (χ1n) is 5.88. The number of unbranched alkanes of at least 4 members (excludes halogenated alkanes) is 2. The molecule has 0 fully saturated rings. The highest BCUT2D eigenvalue weighted by Gasteiger charge is 2.02. The lowest BCUT2D eigenvalue weighted by Gasteiger charge is -2.07. The minimum absolute atomic E-state index is 0.630. The fraction of sp³-hybridized carbons (Fsp3) is 0.538. The minimum atomic E-state index is 0.630. The largest absolute Gasteiger partial charge is 0.313 e. The molecular weight excluding hydrogens is 273 g/mol. The lowest BCUT2D eigenvalue weighted by atomic mass is 10.2. The van der Waals surface area contributed by atoms with Gasteiger partial charge in [-0.1, -0.05) is 41.8 Å². The van der Waals surface area contributed by atoms with E-state index in [2.05, 4.69) is 11.6 Å². The number of hydrogen-bond donors (Lipinski definition) is 1. The number of benzene rings is 1. The van der Waals surface area contributed by atoms with Gasteiger partial charge in [-0.3, -0.25) is 0 Å². The maximum absolute atomic E-state index is 6.10. The second-order valence-corrected chi connectivity index (χ2v) is 5.71. The van der Waals surface area contributed by atoms with Crippen LogP contribution in [0, 0.1) is 0 Å². The molecule has 0 saturated heterocycles. The number of nitrogens with one attached hydrogen (secondary N) is 1. The highest BCUT2D eigenvalue weighted by Crippen LogP contribution is 2.25. The Hall–Kier alpha value is 0.110. The Morgan fingerprint density at radius 2 is 2.00 bits per heavy atom. The fourth-order valence-electron chi connectivity index (χ4n) is 1.58. The van der Waals surface area contributed by atoms with E-state index in [1.165, 1.54) is 25.0 Å². The molecule has 0 bridgehead atoms. The average Bonchev–Trinajstić information content (AvgIpc) is 2.33. The summed E-state index contributed by atoms with van der Waals surface area (Å²) in [5.74, 6) is 1.26. The molecule has 0 heterocycles. The number of halogens is 2. The van der Waals surface area contributed by atoms with Gasteiger partial charge < -0.3 is 5.32 Å². The van der Waals surface area contributed by atoms with Crippen molar-refractivity contribution in [1.29, 1.82) is 0 Å². The average molecular weight is 292 g/mol. The Morgan fingerprint density at radius 1 is 1.18 bits per heavy atom. The van der Waals surface area contributed by atoms with Gasteiger partial charge in [-0.2, -0.15) is 11.8 Å². The summed E-state index contributed by atoms with van der Waals surface area (Å²) < 4.78 is 0. The Bertz CT molecular complexity index is 331. The van der Waals surface area contributed by atoms with Gasteiger partial charge in [0, 0.05) is 6.54 Å². The molecule has 0 amide bonds. The van der Waals surface area contributed by atoms with Gasteiger partial charge in [0.1, 0.15) is 0 Å². The molecule has 1 rings (SSSR count). The van der Waals surface area contributed by atoms with Gasteiger partial charge in [0.2, 0.25) is 0 Å². The van der Waals surface area contributed by atoms with Crippen molar-refractivity contribution in [2.45, 2.75) is 25.8 Å². The van der Waals surface area contributed by atoms with E-state index >= 15 is 0 Å². The first kappa shape index (κ1) is 15.2. The van der Waals surface area contributed by atoms with Crippen molar-refractivity contribution < 1.29 is 0 Å². The Balaban J connectivity index is 2.16. The van der Waals surface area contributed by atoms with E-state index in [-0.39, 0.29) is 0 Å². The summed E-state index contributed by atoms with van der Waals surface area (Å²) in [6, 6.07) is 5.76. The van der Waals surface area contributed by atoms with Crippen LogP contribution in [-0.2, 0) is 6.54 Å². The van der Waals surface area contributed by atoms with E-state index in [4.69, 9.17) is 23.2 Å². The zero-order valence-corrected chi connectivity index (χ0v) is 12.5.